The minimum Gasteiger partial charge on any atom is -0.490 e. The molecule has 2 atom stereocenters. The number of aromatic nitrogens is 5. The Morgan fingerprint density at radius 3 is 2.78 bits per heavy atom. The quantitative estimate of drug-likeness (QED) is 0.200. The number of fused-ring (bicyclic) bond motifs is 3. The third kappa shape index (κ3) is 4.94. The maximum absolute atomic E-state index is 16.0. The molecule has 0 bridgehead atoms. The number of ether oxygens (including phenoxy) is 1. The number of benzene rings is 2. The molecule has 9 nitrogen and oxygen atoms in total. The van der Waals surface area contributed by atoms with Gasteiger partial charge in [-0.3, -0.25) is 14.2 Å². The normalized spacial score (nSPS) is 15.3. The van der Waals surface area contributed by atoms with Gasteiger partial charge < -0.3 is 14.7 Å². The van der Waals surface area contributed by atoms with Crippen molar-refractivity contribution in [2.24, 2.45) is 7.05 Å². The minimum absolute atomic E-state index is 0.0214. The lowest BCUT2D eigenvalue weighted by Gasteiger charge is -2.33. The number of hydrogen-bond donors (Lipinski definition) is 1. The molecule has 0 aliphatic carbocycles. The molecular formula is C34H30F2N6O3S. The van der Waals surface area contributed by atoms with Crippen LogP contribution in [0.15, 0.2) is 66.7 Å². The summed E-state index contributed by atoms with van der Waals surface area (Å²) >= 11 is 1.40. The Morgan fingerprint density at radius 1 is 1.17 bits per heavy atom. The number of rotatable bonds is 7. The van der Waals surface area contributed by atoms with E-state index in [1.807, 2.05) is 54.4 Å². The monoisotopic (exact) mass is 640 g/mol. The maximum Gasteiger partial charge on any atom is 0.246 e. The van der Waals surface area contributed by atoms with Gasteiger partial charge in [0.2, 0.25) is 5.91 Å². The van der Waals surface area contributed by atoms with Crippen molar-refractivity contribution in [3.05, 3.63) is 84.0 Å². The van der Waals surface area contributed by atoms with Gasteiger partial charge in [0.05, 0.1) is 47.4 Å². The van der Waals surface area contributed by atoms with Crippen LogP contribution >= 0.6 is 11.3 Å². The zero-order valence-electron chi connectivity index (χ0n) is 25.4. The Labute approximate surface area is 267 Å². The van der Waals surface area contributed by atoms with Crippen LogP contribution in [-0.4, -0.2) is 59.7 Å². The largest absolute Gasteiger partial charge is 0.490 e. The lowest BCUT2D eigenvalue weighted by atomic mass is 9.96. The SMILES string of the molecule is C=CC(=O)N1CCn2nc(-c3nc(-c4ccc5cnn(C)c5c4)c4ccsc4c3-c3c(F)cc(F)cc3OCC(C)O)cc2C1C. The van der Waals surface area contributed by atoms with E-state index in [1.165, 1.54) is 24.3 Å². The Balaban J connectivity index is 1.52. The molecule has 2 unspecified atom stereocenters. The van der Waals surface area contributed by atoms with Crippen LogP contribution in [0.25, 0.3) is 54.8 Å². The third-order valence-corrected chi connectivity index (χ3v) is 9.27. The standard InChI is InChI=1S/C34H30F2N6O3S/c1-5-29(44)41-9-10-42-26(19(41)3)15-25(39-42)33-31(30-24(36)13-22(35)14-28(30)45-17-18(2)43)34-23(8-11-46-34)32(38-33)20-6-7-21-16-37-40(4)27(21)12-20/h5-8,11-16,18-19,43H,1,9-10,17H2,2-4H3. The fourth-order valence-electron chi connectivity index (χ4n) is 6.11. The lowest BCUT2D eigenvalue weighted by Crippen LogP contribution is -2.40. The van der Waals surface area contributed by atoms with Gasteiger partial charge >= 0.3 is 0 Å². The van der Waals surface area contributed by atoms with Crippen molar-refractivity contribution in [3.8, 4) is 39.5 Å². The topological polar surface area (TPSA) is 98.3 Å². The zero-order valence-corrected chi connectivity index (χ0v) is 26.2. The summed E-state index contributed by atoms with van der Waals surface area (Å²) in [7, 11) is 1.87. The molecule has 6 aromatic rings. The first-order valence-electron chi connectivity index (χ1n) is 14.8. The lowest BCUT2D eigenvalue weighted by molar-refractivity contribution is -0.129. The van der Waals surface area contributed by atoms with E-state index in [2.05, 4.69) is 11.7 Å². The first-order valence-corrected chi connectivity index (χ1v) is 15.7. The van der Waals surface area contributed by atoms with Crippen LogP contribution < -0.4 is 4.74 Å². The van der Waals surface area contributed by atoms with Gasteiger partial charge in [0.15, 0.2) is 0 Å². The first-order chi connectivity index (χ1) is 22.1. The molecule has 1 N–H and O–H groups in total. The van der Waals surface area contributed by atoms with Gasteiger partial charge in [0.25, 0.3) is 0 Å². The molecule has 12 heteroatoms. The Kier molecular flexibility index (Phi) is 7.41. The van der Waals surface area contributed by atoms with Gasteiger partial charge in [-0.15, -0.1) is 11.3 Å². The molecule has 7 rings (SSSR count). The summed E-state index contributed by atoms with van der Waals surface area (Å²) < 4.78 is 40.8. The zero-order chi connectivity index (χ0) is 32.3. The predicted octanol–water partition coefficient (Wildman–Crippen LogP) is 6.51. The number of hydrogen-bond acceptors (Lipinski definition) is 7. The summed E-state index contributed by atoms with van der Waals surface area (Å²) in [6, 6.07) is 11.4. The second-order valence-corrected chi connectivity index (χ2v) is 12.3. The number of amides is 1. The predicted molar refractivity (Wildman–Crippen MR) is 173 cm³/mol. The van der Waals surface area contributed by atoms with E-state index in [0.29, 0.717) is 40.4 Å². The summed E-state index contributed by atoms with van der Waals surface area (Å²) in [6.45, 7) is 7.82. The van der Waals surface area contributed by atoms with E-state index in [-0.39, 0.29) is 29.9 Å². The smallest absolute Gasteiger partial charge is 0.246 e. The van der Waals surface area contributed by atoms with Crippen LogP contribution in [0, 0.1) is 11.6 Å². The van der Waals surface area contributed by atoms with Crippen LogP contribution in [0.2, 0.25) is 0 Å². The number of aliphatic hydroxyl groups is 1. The molecule has 0 fully saturated rings. The average molecular weight is 641 g/mol. The van der Waals surface area contributed by atoms with Crippen molar-refractivity contribution in [3.63, 3.8) is 0 Å². The summed E-state index contributed by atoms with van der Waals surface area (Å²) in [5, 5.41) is 22.9. The van der Waals surface area contributed by atoms with Gasteiger partial charge in [0.1, 0.15) is 35.4 Å². The third-order valence-electron chi connectivity index (χ3n) is 8.34. The highest BCUT2D eigenvalue weighted by Gasteiger charge is 2.31. The van der Waals surface area contributed by atoms with Crippen molar-refractivity contribution >= 4 is 38.2 Å². The summed E-state index contributed by atoms with van der Waals surface area (Å²) in [5.41, 5.74) is 4.46. The number of carbonyl (C=O) groups is 1. The minimum atomic E-state index is -0.870. The van der Waals surface area contributed by atoms with Gasteiger partial charge in [-0.1, -0.05) is 18.7 Å². The van der Waals surface area contributed by atoms with Gasteiger partial charge in [0, 0.05) is 52.3 Å². The van der Waals surface area contributed by atoms with Crippen molar-refractivity contribution in [1.82, 2.24) is 29.4 Å². The number of nitrogens with zero attached hydrogens (tertiary/aromatic N) is 6. The van der Waals surface area contributed by atoms with Crippen molar-refractivity contribution in [2.45, 2.75) is 32.5 Å². The highest BCUT2D eigenvalue weighted by molar-refractivity contribution is 7.18. The molecule has 1 aliphatic rings. The molecule has 4 aromatic heterocycles. The number of halogens is 2. The first kappa shape index (κ1) is 29.8. The van der Waals surface area contributed by atoms with Crippen LogP contribution in [0.5, 0.6) is 5.75 Å². The van der Waals surface area contributed by atoms with Crippen molar-refractivity contribution < 1.29 is 23.4 Å². The number of thiophene rings is 1. The molecule has 1 aliphatic heterocycles. The number of aryl methyl sites for hydroxylation is 1. The Morgan fingerprint density at radius 2 is 2.00 bits per heavy atom. The average Bonchev–Trinajstić information content (AvgIpc) is 3.78. The number of pyridine rings is 1. The van der Waals surface area contributed by atoms with Crippen LogP contribution in [0.3, 0.4) is 0 Å². The summed E-state index contributed by atoms with van der Waals surface area (Å²) in [5.74, 6) is -1.87. The van der Waals surface area contributed by atoms with Gasteiger partial charge in [-0.05, 0) is 43.5 Å². The molecule has 0 saturated carbocycles. The molecule has 5 heterocycles. The molecule has 1 amide bonds. The Bertz CT molecular complexity index is 2170. The molecule has 46 heavy (non-hydrogen) atoms. The molecule has 2 aromatic carbocycles. The van der Waals surface area contributed by atoms with Crippen LogP contribution in [-0.2, 0) is 18.4 Å². The van der Waals surface area contributed by atoms with E-state index >= 15 is 4.39 Å². The Hall–Kier alpha value is -4.94. The van der Waals surface area contributed by atoms with Crippen molar-refractivity contribution in [1.29, 1.82) is 0 Å². The molecule has 234 valence electrons. The van der Waals surface area contributed by atoms with Crippen LogP contribution in [0.4, 0.5) is 8.78 Å². The highest BCUT2D eigenvalue weighted by atomic mass is 32.1. The van der Waals surface area contributed by atoms with E-state index < -0.39 is 17.7 Å². The molecule has 0 saturated heterocycles. The summed E-state index contributed by atoms with van der Waals surface area (Å²) in [4.78, 5) is 19.5. The van der Waals surface area contributed by atoms with E-state index in [4.69, 9.17) is 14.8 Å². The summed E-state index contributed by atoms with van der Waals surface area (Å²) in [6.07, 6.45) is 2.22. The fourth-order valence-corrected chi connectivity index (χ4v) is 7.06. The number of aliphatic hydroxyl groups excluding tert-OH is 1. The van der Waals surface area contributed by atoms with E-state index in [9.17, 15) is 14.3 Å². The van der Waals surface area contributed by atoms with Gasteiger partial charge in [-0.25, -0.2) is 13.8 Å². The molecular weight excluding hydrogens is 610 g/mol. The van der Waals surface area contributed by atoms with Gasteiger partial charge in [-0.2, -0.15) is 10.2 Å². The second kappa shape index (κ2) is 11.5. The fraction of sp³-hybridized carbons (Fsp3) is 0.235. The van der Waals surface area contributed by atoms with Crippen molar-refractivity contribution in [2.75, 3.05) is 13.2 Å². The molecule has 0 radical (unpaired) electrons. The van der Waals surface area contributed by atoms with E-state index in [1.54, 1.807) is 15.8 Å². The number of carbonyl (C=O) groups excluding carboxylic acids is 1. The maximum atomic E-state index is 16.0. The van der Waals surface area contributed by atoms with Crippen LogP contribution in [0.1, 0.15) is 25.6 Å². The molecule has 0 spiro atoms. The highest BCUT2D eigenvalue weighted by Crippen LogP contribution is 2.47. The second-order valence-electron chi connectivity index (χ2n) is 11.4. The van der Waals surface area contributed by atoms with E-state index in [0.717, 1.165) is 39.7 Å².